The molecule has 202 valence electrons. The van der Waals surface area contributed by atoms with Crippen molar-refractivity contribution in [2.45, 2.75) is 19.8 Å². The fourth-order valence-electron chi connectivity index (χ4n) is 4.81. The molecule has 0 aliphatic carbocycles. The van der Waals surface area contributed by atoms with Crippen LogP contribution in [0.2, 0.25) is 5.02 Å². The van der Waals surface area contributed by atoms with Crippen LogP contribution in [0.3, 0.4) is 0 Å². The summed E-state index contributed by atoms with van der Waals surface area (Å²) < 4.78 is 5.93. The molecule has 5 rings (SSSR count). The Kier molecular flexibility index (Phi) is 8.27. The molecule has 4 aromatic rings. The lowest BCUT2D eigenvalue weighted by Gasteiger charge is -2.32. The van der Waals surface area contributed by atoms with Crippen LogP contribution in [0.1, 0.15) is 30.1 Å². The summed E-state index contributed by atoms with van der Waals surface area (Å²) >= 11 is 5.95. The van der Waals surface area contributed by atoms with Gasteiger partial charge in [0.2, 0.25) is 5.91 Å². The molecule has 0 radical (unpaired) electrons. The maximum absolute atomic E-state index is 13.5. The van der Waals surface area contributed by atoms with Crippen LogP contribution in [0.15, 0.2) is 67.1 Å². The number of aromatic amines is 1. The number of benzene rings is 2. The molecule has 0 spiro atoms. The first kappa shape index (κ1) is 26.5. The summed E-state index contributed by atoms with van der Waals surface area (Å²) in [7, 11) is 0. The van der Waals surface area contributed by atoms with Crippen LogP contribution < -0.4 is 15.0 Å². The van der Waals surface area contributed by atoms with E-state index in [0.29, 0.717) is 55.1 Å². The molecular formula is C29H31ClN6O3. The molecule has 0 unspecified atom stereocenters. The minimum atomic E-state index is -0.102. The van der Waals surface area contributed by atoms with Gasteiger partial charge in [-0.15, -0.1) is 0 Å². The van der Waals surface area contributed by atoms with Crippen molar-refractivity contribution in [2.75, 3.05) is 37.7 Å². The van der Waals surface area contributed by atoms with Crippen molar-refractivity contribution in [3.63, 3.8) is 0 Å². The van der Waals surface area contributed by atoms with Gasteiger partial charge in [0.15, 0.2) is 0 Å². The predicted molar refractivity (Wildman–Crippen MR) is 152 cm³/mol. The minimum absolute atomic E-state index is 0.00482. The Morgan fingerprint density at radius 2 is 1.92 bits per heavy atom. The lowest BCUT2D eigenvalue weighted by atomic mass is 9.97. The molecule has 1 fully saturated rings. The predicted octanol–water partition coefficient (Wildman–Crippen LogP) is 4.82. The van der Waals surface area contributed by atoms with Crippen LogP contribution in [0.5, 0.6) is 5.75 Å². The molecule has 2 aromatic carbocycles. The molecule has 1 aliphatic rings. The molecule has 2 aromatic heterocycles. The van der Waals surface area contributed by atoms with Gasteiger partial charge in [-0.1, -0.05) is 17.7 Å². The average Bonchev–Trinajstić information content (AvgIpc) is 3.44. The fraction of sp³-hybridized carbons (Fsp3) is 0.310. The largest absolute Gasteiger partial charge is 0.493 e. The van der Waals surface area contributed by atoms with Gasteiger partial charge in [0.05, 0.1) is 12.0 Å². The van der Waals surface area contributed by atoms with E-state index in [4.69, 9.17) is 16.3 Å². The van der Waals surface area contributed by atoms with Crippen molar-refractivity contribution < 1.29 is 14.3 Å². The fourth-order valence-corrected chi connectivity index (χ4v) is 4.94. The molecule has 1 aliphatic heterocycles. The van der Waals surface area contributed by atoms with Crippen molar-refractivity contribution in [1.82, 2.24) is 25.2 Å². The zero-order valence-corrected chi connectivity index (χ0v) is 22.5. The van der Waals surface area contributed by atoms with Gasteiger partial charge in [0.1, 0.15) is 23.5 Å². The molecule has 0 atom stereocenters. The highest BCUT2D eigenvalue weighted by molar-refractivity contribution is 6.30. The number of H-pyrrole nitrogens is 1. The summed E-state index contributed by atoms with van der Waals surface area (Å²) in [4.78, 5) is 40.9. The molecule has 3 heterocycles. The number of likely N-dealkylation sites (tertiary alicyclic amines) is 1. The lowest BCUT2D eigenvalue weighted by Crippen LogP contribution is -2.39. The van der Waals surface area contributed by atoms with Crippen LogP contribution in [0.4, 0.5) is 11.5 Å². The molecular weight excluding hydrogens is 516 g/mol. The summed E-state index contributed by atoms with van der Waals surface area (Å²) in [6.45, 7) is 4.38. The third kappa shape index (κ3) is 6.49. The van der Waals surface area contributed by atoms with Gasteiger partial charge in [-0.3, -0.25) is 9.59 Å². The summed E-state index contributed by atoms with van der Waals surface area (Å²) in [5, 5.41) is 4.40. The molecule has 2 N–H and O–H groups in total. The normalized spacial score (nSPS) is 13.8. The first-order valence-electron chi connectivity index (χ1n) is 13.1. The van der Waals surface area contributed by atoms with Crippen LogP contribution in [0.25, 0.3) is 11.0 Å². The molecule has 0 bridgehead atoms. The van der Waals surface area contributed by atoms with Crippen molar-refractivity contribution in [3.05, 3.63) is 77.7 Å². The van der Waals surface area contributed by atoms with Crippen molar-refractivity contribution in [2.24, 2.45) is 5.92 Å². The van der Waals surface area contributed by atoms with Gasteiger partial charge in [-0.05, 0) is 67.3 Å². The molecule has 39 heavy (non-hydrogen) atoms. The number of carbonyl (C=O) groups excluding carboxylic acids is 2. The van der Waals surface area contributed by atoms with Crippen LogP contribution in [-0.2, 0) is 4.79 Å². The maximum atomic E-state index is 13.5. The second kappa shape index (κ2) is 12.2. The monoisotopic (exact) mass is 546 g/mol. The molecule has 0 saturated carbocycles. The Hall–Kier alpha value is -4.11. The van der Waals surface area contributed by atoms with E-state index < -0.39 is 0 Å². The van der Waals surface area contributed by atoms with Gasteiger partial charge < -0.3 is 24.8 Å². The van der Waals surface area contributed by atoms with Gasteiger partial charge in [-0.2, -0.15) is 0 Å². The van der Waals surface area contributed by atoms with Crippen LogP contribution in [0, 0.1) is 5.92 Å². The number of nitrogens with one attached hydrogen (secondary N) is 2. The smallest absolute Gasteiger partial charge is 0.253 e. The molecule has 1 saturated heterocycles. The number of halogens is 1. The third-order valence-corrected chi connectivity index (χ3v) is 7.16. The Morgan fingerprint density at radius 3 is 2.69 bits per heavy atom. The number of carbonyl (C=O) groups is 2. The lowest BCUT2D eigenvalue weighted by molar-refractivity contribution is -0.118. The van der Waals surface area contributed by atoms with Gasteiger partial charge in [0, 0.05) is 55.6 Å². The quantitative estimate of drug-likeness (QED) is 0.312. The number of nitrogens with zero attached hydrogens (tertiary/aromatic N) is 4. The average molecular weight is 547 g/mol. The zero-order valence-electron chi connectivity index (χ0n) is 21.8. The summed E-state index contributed by atoms with van der Waals surface area (Å²) in [5.41, 5.74) is 2.16. The van der Waals surface area contributed by atoms with Gasteiger partial charge >= 0.3 is 0 Å². The SMILES string of the molecule is CC(=O)NCCN(c1cccc(C(=O)N2CCC(COc3ccc(Cl)cc3)CC2)c1)c1ncnc2[nH]ccc12. The minimum Gasteiger partial charge on any atom is -0.493 e. The Bertz CT molecular complexity index is 1430. The number of hydrogen-bond acceptors (Lipinski definition) is 6. The third-order valence-electron chi connectivity index (χ3n) is 6.90. The van der Waals surface area contributed by atoms with Crippen molar-refractivity contribution >= 4 is 46.0 Å². The highest BCUT2D eigenvalue weighted by Gasteiger charge is 2.25. The molecule has 2 amide bonds. The number of aromatic nitrogens is 3. The van der Waals surface area contributed by atoms with E-state index in [-0.39, 0.29) is 11.8 Å². The van der Waals surface area contributed by atoms with E-state index in [1.807, 2.05) is 70.6 Å². The van der Waals surface area contributed by atoms with Gasteiger partial charge in [0.25, 0.3) is 5.91 Å². The highest BCUT2D eigenvalue weighted by Crippen LogP contribution is 2.30. The number of amides is 2. The zero-order chi connectivity index (χ0) is 27.2. The van der Waals surface area contributed by atoms with E-state index in [1.54, 1.807) is 0 Å². The second-order valence-corrected chi connectivity index (χ2v) is 10.1. The first-order chi connectivity index (χ1) is 19.0. The highest BCUT2D eigenvalue weighted by atomic mass is 35.5. The number of ether oxygens (including phenoxy) is 1. The van der Waals surface area contributed by atoms with E-state index in [9.17, 15) is 9.59 Å². The topological polar surface area (TPSA) is 103 Å². The maximum Gasteiger partial charge on any atom is 0.253 e. The van der Waals surface area contributed by atoms with Crippen molar-refractivity contribution in [1.29, 1.82) is 0 Å². The number of hydrogen-bond donors (Lipinski definition) is 2. The Balaban J connectivity index is 1.27. The number of rotatable bonds is 9. The van der Waals surface area contributed by atoms with Crippen LogP contribution in [-0.4, -0.2) is 64.5 Å². The molecule has 9 nitrogen and oxygen atoms in total. The first-order valence-corrected chi connectivity index (χ1v) is 13.4. The van der Waals surface area contributed by atoms with E-state index in [0.717, 1.165) is 35.3 Å². The van der Waals surface area contributed by atoms with Gasteiger partial charge in [-0.25, -0.2) is 9.97 Å². The van der Waals surface area contributed by atoms with E-state index in [2.05, 4.69) is 20.3 Å². The number of anilines is 2. The second-order valence-electron chi connectivity index (χ2n) is 9.62. The summed E-state index contributed by atoms with van der Waals surface area (Å²) in [6, 6.07) is 16.9. The summed E-state index contributed by atoms with van der Waals surface area (Å²) in [5.74, 6) is 1.80. The Labute approximate surface area is 232 Å². The van der Waals surface area contributed by atoms with Crippen LogP contribution >= 0.6 is 11.6 Å². The molecule has 10 heteroatoms. The summed E-state index contributed by atoms with van der Waals surface area (Å²) in [6.07, 6.45) is 5.09. The van der Waals surface area contributed by atoms with Crippen molar-refractivity contribution in [3.8, 4) is 5.75 Å². The van der Waals surface area contributed by atoms with E-state index >= 15 is 0 Å². The number of piperidine rings is 1. The Morgan fingerprint density at radius 1 is 1.13 bits per heavy atom. The number of fused-ring (bicyclic) bond motifs is 1. The van der Waals surface area contributed by atoms with E-state index in [1.165, 1.54) is 13.3 Å². The standard InChI is InChI=1S/C29H31ClN6O3/c1-20(37)31-13-16-36(28-26-9-12-32-27(26)33-19-34-28)24-4-2-3-22(17-24)29(38)35-14-10-21(11-15-35)18-39-25-7-5-23(30)6-8-25/h2-9,12,17,19,21H,10-11,13-16,18H2,1H3,(H,31,37)(H,32,33,34).